The van der Waals surface area contributed by atoms with Crippen molar-refractivity contribution in [3.8, 4) is 5.75 Å². The van der Waals surface area contributed by atoms with Crippen molar-refractivity contribution >= 4 is 17.1 Å². The Hall–Kier alpha value is -2.76. The quantitative estimate of drug-likeness (QED) is 0.401. The van der Waals surface area contributed by atoms with Crippen molar-refractivity contribution in [1.29, 1.82) is 0 Å². The average molecular weight is 475 g/mol. The van der Waals surface area contributed by atoms with E-state index < -0.39 is 24.6 Å². The lowest BCUT2D eigenvalue weighted by Gasteiger charge is -2.44. The Morgan fingerprint density at radius 1 is 1.03 bits per heavy atom. The molecular formula is C24H30N2O8. The SMILES string of the molecule is COCC1O[C@H](Oc2cccc(N3CCc4cc([N+](=O)[O-])ccc43)c2)C(OC)C(OC)[C@@H]1OC. The fraction of sp³-hybridized carbons (Fsp3) is 0.500. The normalized spacial score (nSPS) is 26.4. The molecule has 0 aromatic heterocycles. The molecule has 0 bridgehead atoms. The van der Waals surface area contributed by atoms with E-state index in [4.69, 9.17) is 28.4 Å². The molecule has 2 aliphatic rings. The van der Waals surface area contributed by atoms with Crippen LogP contribution in [0.25, 0.3) is 0 Å². The summed E-state index contributed by atoms with van der Waals surface area (Å²) < 4.78 is 34.7. The van der Waals surface area contributed by atoms with Crippen molar-refractivity contribution in [2.24, 2.45) is 0 Å². The fourth-order valence-corrected chi connectivity index (χ4v) is 4.70. The van der Waals surface area contributed by atoms with E-state index in [0.29, 0.717) is 12.4 Å². The molecule has 3 unspecified atom stereocenters. The number of ether oxygens (including phenoxy) is 6. The molecule has 1 fully saturated rings. The maximum atomic E-state index is 11.1. The zero-order chi connectivity index (χ0) is 24.2. The van der Waals surface area contributed by atoms with Gasteiger partial charge in [-0.25, -0.2) is 0 Å². The van der Waals surface area contributed by atoms with Gasteiger partial charge < -0.3 is 33.3 Å². The number of methoxy groups -OCH3 is 4. The first-order valence-corrected chi connectivity index (χ1v) is 11.0. The highest BCUT2D eigenvalue weighted by Crippen LogP contribution is 2.38. The number of fused-ring (bicyclic) bond motifs is 1. The molecular weight excluding hydrogens is 444 g/mol. The molecule has 4 rings (SSSR count). The van der Waals surface area contributed by atoms with Crippen LogP contribution in [0.4, 0.5) is 17.1 Å². The molecule has 10 heteroatoms. The van der Waals surface area contributed by atoms with E-state index in [0.717, 1.165) is 29.9 Å². The van der Waals surface area contributed by atoms with E-state index in [9.17, 15) is 10.1 Å². The van der Waals surface area contributed by atoms with Crippen LogP contribution < -0.4 is 9.64 Å². The van der Waals surface area contributed by atoms with Gasteiger partial charge in [-0.05, 0) is 30.2 Å². The molecule has 5 atom stereocenters. The molecule has 184 valence electrons. The van der Waals surface area contributed by atoms with Crippen LogP contribution in [0.15, 0.2) is 42.5 Å². The van der Waals surface area contributed by atoms with Gasteiger partial charge in [0.15, 0.2) is 0 Å². The van der Waals surface area contributed by atoms with Crippen molar-refractivity contribution in [2.45, 2.75) is 37.1 Å². The van der Waals surface area contributed by atoms with Crippen molar-refractivity contribution in [3.63, 3.8) is 0 Å². The number of nitrogens with zero attached hydrogens (tertiary/aromatic N) is 2. The van der Waals surface area contributed by atoms with Crippen LogP contribution in [0, 0.1) is 10.1 Å². The summed E-state index contributed by atoms with van der Waals surface area (Å²) in [5, 5.41) is 11.1. The number of hydrogen-bond acceptors (Lipinski definition) is 9. The Kier molecular flexibility index (Phi) is 7.64. The van der Waals surface area contributed by atoms with Crippen LogP contribution in [0.2, 0.25) is 0 Å². The van der Waals surface area contributed by atoms with Crippen LogP contribution in [-0.2, 0) is 30.1 Å². The van der Waals surface area contributed by atoms with Gasteiger partial charge in [0, 0.05) is 64.6 Å². The first-order valence-electron chi connectivity index (χ1n) is 11.0. The van der Waals surface area contributed by atoms with Crippen LogP contribution in [0.5, 0.6) is 5.75 Å². The predicted octanol–water partition coefficient (Wildman–Crippen LogP) is 3.08. The molecule has 2 aromatic carbocycles. The number of hydrogen-bond donors (Lipinski definition) is 0. The third-order valence-electron chi connectivity index (χ3n) is 6.29. The summed E-state index contributed by atoms with van der Waals surface area (Å²) in [4.78, 5) is 12.9. The second-order valence-electron chi connectivity index (χ2n) is 8.19. The Morgan fingerprint density at radius 2 is 1.79 bits per heavy atom. The number of anilines is 2. The van der Waals surface area contributed by atoms with Gasteiger partial charge in [-0.2, -0.15) is 0 Å². The first-order chi connectivity index (χ1) is 16.5. The van der Waals surface area contributed by atoms with Gasteiger partial charge >= 0.3 is 0 Å². The lowest BCUT2D eigenvalue weighted by atomic mass is 9.98. The highest BCUT2D eigenvalue weighted by atomic mass is 16.7. The van der Waals surface area contributed by atoms with Gasteiger partial charge in [0.1, 0.15) is 30.2 Å². The summed E-state index contributed by atoms with van der Waals surface area (Å²) >= 11 is 0. The summed E-state index contributed by atoms with van der Waals surface area (Å²) in [6.45, 7) is 1.03. The zero-order valence-electron chi connectivity index (χ0n) is 19.7. The van der Waals surface area contributed by atoms with E-state index in [-0.39, 0.29) is 16.7 Å². The molecule has 0 aliphatic carbocycles. The molecule has 2 aliphatic heterocycles. The number of non-ortho nitro benzene ring substituents is 1. The van der Waals surface area contributed by atoms with Gasteiger partial charge in [0.25, 0.3) is 5.69 Å². The van der Waals surface area contributed by atoms with Gasteiger partial charge in [-0.1, -0.05) is 6.07 Å². The second kappa shape index (κ2) is 10.7. The van der Waals surface area contributed by atoms with Crippen molar-refractivity contribution in [1.82, 2.24) is 0 Å². The van der Waals surface area contributed by atoms with E-state index in [1.54, 1.807) is 40.6 Å². The van der Waals surface area contributed by atoms with E-state index in [2.05, 4.69) is 4.90 Å². The van der Waals surface area contributed by atoms with Crippen LogP contribution in [0.3, 0.4) is 0 Å². The Bertz CT molecular complexity index is 1000. The van der Waals surface area contributed by atoms with Gasteiger partial charge in [0.2, 0.25) is 6.29 Å². The van der Waals surface area contributed by atoms with E-state index in [1.807, 2.05) is 24.3 Å². The maximum absolute atomic E-state index is 11.1. The minimum absolute atomic E-state index is 0.102. The highest BCUT2D eigenvalue weighted by molar-refractivity contribution is 5.72. The lowest BCUT2D eigenvalue weighted by molar-refractivity contribution is -0.384. The molecule has 10 nitrogen and oxygen atoms in total. The number of nitro groups is 1. The molecule has 0 amide bonds. The summed E-state index contributed by atoms with van der Waals surface area (Å²) in [6, 6.07) is 12.6. The standard InChI is InChI=1S/C24H30N2O8/c1-29-14-20-21(30-2)22(31-3)23(32-4)24(34-20)33-18-7-5-6-16(13-18)25-11-10-15-12-17(26(27)28)8-9-19(15)25/h5-9,12-13,20-24H,10-11,14H2,1-4H3/t20?,21-,22?,23?,24+/m1/s1. The Morgan fingerprint density at radius 3 is 2.47 bits per heavy atom. The Labute approximate surface area is 198 Å². The molecule has 1 saturated heterocycles. The summed E-state index contributed by atoms with van der Waals surface area (Å²) in [6.07, 6.45) is -1.75. The molecule has 0 radical (unpaired) electrons. The van der Waals surface area contributed by atoms with Crippen LogP contribution in [0.1, 0.15) is 5.56 Å². The summed E-state index contributed by atoms with van der Waals surface area (Å²) in [5.74, 6) is 0.599. The van der Waals surface area contributed by atoms with Crippen molar-refractivity contribution in [3.05, 3.63) is 58.1 Å². The largest absolute Gasteiger partial charge is 0.462 e. The average Bonchev–Trinajstić information content (AvgIpc) is 3.27. The number of benzene rings is 2. The zero-order valence-corrected chi connectivity index (χ0v) is 19.7. The molecule has 34 heavy (non-hydrogen) atoms. The summed E-state index contributed by atoms with van der Waals surface area (Å²) in [7, 11) is 6.38. The molecule has 2 aromatic rings. The smallest absolute Gasteiger partial charge is 0.269 e. The topological polar surface area (TPSA) is 102 Å². The fourth-order valence-electron chi connectivity index (χ4n) is 4.70. The van der Waals surface area contributed by atoms with Gasteiger partial charge in [0.05, 0.1) is 11.5 Å². The van der Waals surface area contributed by atoms with Gasteiger partial charge in [-0.15, -0.1) is 0 Å². The lowest BCUT2D eigenvalue weighted by Crippen LogP contribution is -2.62. The van der Waals surface area contributed by atoms with Gasteiger partial charge in [-0.3, -0.25) is 10.1 Å². The third kappa shape index (κ3) is 4.73. The second-order valence-corrected chi connectivity index (χ2v) is 8.19. The molecule has 0 saturated carbocycles. The van der Waals surface area contributed by atoms with Crippen LogP contribution in [-0.4, -0.2) is 77.2 Å². The van der Waals surface area contributed by atoms with E-state index in [1.165, 1.54) is 6.07 Å². The summed E-state index contributed by atoms with van der Waals surface area (Å²) in [5.41, 5.74) is 2.92. The minimum Gasteiger partial charge on any atom is -0.462 e. The van der Waals surface area contributed by atoms with Crippen molar-refractivity contribution < 1.29 is 33.3 Å². The van der Waals surface area contributed by atoms with E-state index >= 15 is 0 Å². The molecule has 0 spiro atoms. The predicted molar refractivity (Wildman–Crippen MR) is 124 cm³/mol. The molecule has 2 heterocycles. The Balaban J connectivity index is 1.56. The van der Waals surface area contributed by atoms with Crippen LogP contribution >= 0.6 is 0 Å². The minimum atomic E-state index is -0.745. The number of rotatable bonds is 9. The first kappa shape index (κ1) is 24.4. The number of nitro benzene ring substituents is 1. The maximum Gasteiger partial charge on any atom is 0.269 e. The third-order valence-corrected chi connectivity index (χ3v) is 6.29. The van der Waals surface area contributed by atoms with Crippen molar-refractivity contribution in [2.75, 3.05) is 46.5 Å². The highest BCUT2D eigenvalue weighted by Gasteiger charge is 2.48. The monoisotopic (exact) mass is 474 g/mol. The molecule has 0 N–H and O–H groups in total.